The molecular weight excluding hydrogens is 288 g/mol. The van der Waals surface area contributed by atoms with E-state index in [9.17, 15) is 0 Å². The van der Waals surface area contributed by atoms with Crippen LogP contribution >= 0.6 is 0 Å². The molecule has 2 N–H and O–H groups in total. The highest BCUT2D eigenvalue weighted by Crippen LogP contribution is 2.30. The van der Waals surface area contributed by atoms with Gasteiger partial charge in [0.2, 0.25) is 0 Å². The predicted molar refractivity (Wildman–Crippen MR) is 91.5 cm³/mol. The van der Waals surface area contributed by atoms with E-state index in [1.807, 2.05) is 12.1 Å². The third-order valence-corrected chi connectivity index (χ3v) is 5.50. The molecule has 4 rings (SSSR count). The quantitative estimate of drug-likeness (QED) is 0.911. The number of furan rings is 1. The van der Waals surface area contributed by atoms with Crippen LogP contribution in [0, 0.1) is 12.8 Å². The number of morpholine rings is 1. The van der Waals surface area contributed by atoms with Crippen LogP contribution in [0.4, 0.5) is 0 Å². The van der Waals surface area contributed by atoms with Gasteiger partial charge >= 0.3 is 0 Å². The number of hydrogen-bond acceptors (Lipinski definition) is 4. The molecule has 1 aromatic carbocycles. The highest BCUT2D eigenvalue weighted by atomic mass is 16.5. The Labute approximate surface area is 137 Å². The number of para-hydroxylation sites is 1. The summed E-state index contributed by atoms with van der Waals surface area (Å²) in [6.45, 7) is 5.66. The van der Waals surface area contributed by atoms with Crippen LogP contribution in [0.15, 0.2) is 28.7 Å². The molecule has 0 radical (unpaired) electrons. The van der Waals surface area contributed by atoms with Gasteiger partial charge in [0.15, 0.2) is 0 Å². The average molecular weight is 314 g/mol. The van der Waals surface area contributed by atoms with Crippen molar-refractivity contribution < 1.29 is 9.15 Å². The summed E-state index contributed by atoms with van der Waals surface area (Å²) in [4.78, 5) is 0. The molecule has 1 aromatic heterocycles. The summed E-state index contributed by atoms with van der Waals surface area (Å²) in [6, 6.07) is 9.35. The lowest BCUT2D eigenvalue weighted by Crippen LogP contribution is -2.50. The third kappa shape index (κ3) is 3.03. The van der Waals surface area contributed by atoms with Gasteiger partial charge in [-0.15, -0.1) is 0 Å². The van der Waals surface area contributed by atoms with E-state index in [2.05, 4.69) is 29.7 Å². The Morgan fingerprint density at radius 2 is 2.17 bits per heavy atom. The first-order chi connectivity index (χ1) is 11.3. The van der Waals surface area contributed by atoms with Crippen molar-refractivity contribution in [2.75, 3.05) is 19.8 Å². The second-order valence-electron chi connectivity index (χ2n) is 6.86. The lowest BCUT2D eigenvalue weighted by atomic mass is 9.94. The lowest BCUT2D eigenvalue weighted by molar-refractivity contribution is 0.0523. The van der Waals surface area contributed by atoms with E-state index in [-0.39, 0.29) is 0 Å². The van der Waals surface area contributed by atoms with Crippen LogP contribution < -0.4 is 10.6 Å². The van der Waals surface area contributed by atoms with Crippen LogP contribution in [-0.4, -0.2) is 31.8 Å². The molecule has 23 heavy (non-hydrogen) atoms. The van der Waals surface area contributed by atoms with Gasteiger partial charge in [-0.1, -0.05) is 24.6 Å². The average Bonchev–Trinajstić information content (AvgIpc) is 3.19. The van der Waals surface area contributed by atoms with Crippen LogP contribution in [0.25, 0.3) is 11.0 Å². The third-order valence-electron chi connectivity index (χ3n) is 5.50. The largest absolute Gasteiger partial charge is 0.459 e. The predicted octanol–water partition coefficient (Wildman–Crippen LogP) is 2.99. The van der Waals surface area contributed by atoms with E-state index in [1.165, 1.54) is 30.2 Å². The molecule has 4 nitrogen and oxygen atoms in total. The summed E-state index contributed by atoms with van der Waals surface area (Å²) >= 11 is 0. The molecule has 1 aliphatic heterocycles. The van der Waals surface area contributed by atoms with Crippen molar-refractivity contribution in [2.24, 2.45) is 5.92 Å². The topological polar surface area (TPSA) is 46.4 Å². The normalized spacial score (nSPS) is 28.5. The summed E-state index contributed by atoms with van der Waals surface area (Å²) in [7, 11) is 0. The van der Waals surface area contributed by atoms with Crippen molar-refractivity contribution in [3.05, 3.63) is 35.6 Å². The van der Waals surface area contributed by atoms with Crippen LogP contribution in [0.3, 0.4) is 0 Å². The van der Waals surface area contributed by atoms with Crippen molar-refractivity contribution in [2.45, 2.75) is 44.8 Å². The minimum Gasteiger partial charge on any atom is -0.459 e. The molecule has 0 spiro atoms. The fraction of sp³-hybridized carbons (Fsp3) is 0.579. The number of benzene rings is 1. The molecule has 124 valence electrons. The van der Waals surface area contributed by atoms with Crippen LogP contribution in [0.1, 0.15) is 30.6 Å². The number of aryl methyl sites for hydroxylation is 1. The molecule has 1 saturated carbocycles. The number of fused-ring (bicyclic) bond motifs is 1. The molecule has 1 aliphatic carbocycles. The van der Waals surface area contributed by atoms with Gasteiger partial charge in [0.25, 0.3) is 0 Å². The minimum atomic E-state index is 0.500. The Hall–Kier alpha value is -1.36. The highest BCUT2D eigenvalue weighted by Gasteiger charge is 2.34. The number of ether oxygens (including phenoxy) is 1. The fourth-order valence-electron chi connectivity index (χ4n) is 4.20. The highest BCUT2D eigenvalue weighted by molar-refractivity contribution is 5.81. The van der Waals surface area contributed by atoms with E-state index in [0.717, 1.165) is 37.6 Å². The second kappa shape index (κ2) is 6.63. The van der Waals surface area contributed by atoms with Crippen molar-refractivity contribution in [1.82, 2.24) is 10.6 Å². The maximum atomic E-state index is 6.04. The first-order valence-electron chi connectivity index (χ1n) is 8.84. The Balaban J connectivity index is 1.43. The monoisotopic (exact) mass is 314 g/mol. The van der Waals surface area contributed by atoms with Crippen molar-refractivity contribution in [3.63, 3.8) is 0 Å². The molecule has 2 heterocycles. The van der Waals surface area contributed by atoms with Crippen LogP contribution in [0.5, 0.6) is 0 Å². The van der Waals surface area contributed by atoms with Crippen molar-refractivity contribution in [3.8, 4) is 0 Å². The molecule has 4 heteroatoms. The molecule has 3 unspecified atom stereocenters. The molecule has 2 fully saturated rings. The van der Waals surface area contributed by atoms with E-state index >= 15 is 0 Å². The Morgan fingerprint density at radius 1 is 1.26 bits per heavy atom. The standard InChI is InChI=1S/C19H26N2O2/c1-13-14-5-2-3-8-18(14)23-19(13)11-21-16-7-4-6-15(16)17-12-22-10-9-20-17/h2-3,5,8,15-17,20-21H,4,6-7,9-12H2,1H3. The fourth-order valence-corrected chi connectivity index (χ4v) is 4.20. The molecule has 0 amide bonds. The number of nitrogens with one attached hydrogen (secondary N) is 2. The van der Waals surface area contributed by atoms with Gasteiger partial charge < -0.3 is 19.8 Å². The first kappa shape index (κ1) is 15.2. The zero-order chi connectivity index (χ0) is 15.6. The van der Waals surface area contributed by atoms with Gasteiger partial charge in [-0.05, 0) is 37.3 Å². The molecule has 2 aromatic rings. The first-order valence-corrected chi connectivity index (χ1v) is 8.84. The van der Waals surface area contributed by atoms with Gasteiger partial charge in [-0.2, -0.15) is 0 Å². The van der Waals surface area contributed by atoms with Gasteiger partial charge in [0.05, 0.1) is 19.8 Å². The van der Waals surface area contributed by atoms with Gasteiger partial charge in [-0.25, -0.2) is 0 Å². The maximum Gasteiger partial charge on any atom is 0.134 e. The Bertz CT molecular complexity index is 660. The lowest BCUT2D eigenvalue weighted by Gasteiger charge is -2.32. The minimum absolute atomic E-state index is 0.500. The summed E-state index contributed by atoms with van der Waals surface area (Å²) in [6.07, 6.45) is 3.85. The second-order valence-corrected chi connectivity index (χ2v) is 6.86. The van der Waals surface area contributed by atoms with E-state index < -0.39 is 0 Å². The van der Waals surface area contributed by atoms with Crippen molar-refractivity contribution in [1.29, 1.82) is 0 Å². The zero-order valence-corrected chi connectivity index (χ0v) is 13.8. The molecule has 3 atom stereocenters. The number of rotatable bonds is 4. The smallest absolute Gasteiger partial charge is 0.134 e. The molecule has 2 aliphatic rings. The van der Waals surface area contributed by atoms with Gasteiger partial charge in [0.1, 0.15) is 11.3 Å². The van der Waals surface area contributed by atoms with Crippen LogP contribution in [-0.2, 0) is 11.3 Å². The summed E-state index contributed by atoms with van der Waals surface area (Å²) in [5, 5.41) is 8.62. The van der Waals surface area contributed by atoms with Gasteiger partial charge in [0, 0.05) is 24.0 Å². The van der Waals surface area contributed by atoms with E-state index in [0.29, 0.717) is 18.0 Å². The Kier molecular flexibility index (Phi) is 4.38. The summed E-state index contributed by atoms with van der Waals surface area (Å²) in [5.74, 6) is 1.74. The van der Waals surface area contributed by atoms with E-state index in [1.54, 1.807) is 0 Å². The van der Waals surface area contributed by atoms with E-state index in [4.69, 9.17) is 9.15 Å². The Morgan fingerprint density at radius 3 is 3.00 bits per heavy atom. The molecular formula is C19H26N2O2. The zero-order valence-electron chi connectivity index (χ0n) is 13.8. The molecule has 1 saturated heterocycles. The summed E-state index contributed by atoms with van der Waals surface area (Å²) < 4.78 is 11.7. The molecule has 0 bridgehead atoms. The SMILES string of the molecule is Cc1c(CNC2CCCC2C2COCCN2)oc2ccccc12. The maximum absolute atomic E-state index is 6.04. The van der Waals surface area contributed by atoms with Gasteiger partial charge in [-0.3, -0.25) is 0 Å². The van der Waals surface area contributed by atoms with Crippen LogP contribution in [0.2, 0.25) is 0 Å². The number of hydrogen-bond donors (Lipinski definition) is 2. The van der Waals surface area contributed by atoms with Crippen molar-refractivity contribution >= 4 is 11.0 Å². The summed E-state index contributed by atoms with van der Waals surface area (Å²) in [5.41, 5.74) is 2.26.